The number of benzene rings is 1. The summed E-state index contributed by atoms with van der Waals surface area (Å²) in [5.41, 5.74) is 11.6. The van der Waals surface area contributed by atoms with Gasteiger partial charge in [-0.1, -0.05) is 23.9 Å². The van der Waals surface area contributed by atoms with E-state index >= 15 is 0 Å². The lowest BCUT2D eigenvalue weighted by Crippen LogP contribution is -2.10. The highest BCUT2D eigenvalue weighted by atomic mass is 32.2. The molecule has 20 heavy (non-hydrogen) atoms. The maximum Gasteiger partial charge on any atom is 0.338 e. The summed E-state index contributed by atoms with van der Waals surface area (Å²) in [6.45, 7) is 0. The first-order chi connectivity index (χ1) is 9.47. The largest absolute Gasteiger partial charge is 0.478 e. The van der Waals surface area contributed by atoms with Crippen LogP contribution in [0.4, 0.5) is 11.5 Å². The normalized spacial score (nSPS) is 10.4. The van der Waals surface area contributed by atoms with Crippen molar-refractivity contribution in [3.8, 4) is 0 Å². The molecule has 1 heterocycles. The summed E-state index contributed by atoms with van der Waals surface area (Å²) in [5.74, 6) is -0.672. The number of H-pyrrole nitrogens is 1. The summed E-state index contributed by atoms with van der Waals surface area (Å²) in [7, 11) is 0. The van der Waals surface area contributed by atoms with E-state index in [0.717, 1.165) is 0 Å². The molecular weight excluding hydrogens is 280 g/mol. The van der Waals surface area contributed by atoms with Gasteiger partial charge in [-0.3, -0.25) is 4.79 Å². The number of carboxylic acids is 1. The van der Waals surface area contributed by atoms with Gasteiger partial charge in [-0.2, -0.15) is 0 Å². The number of anilines is 2. The highest BCUT2D eigenvalue weighted by Crippen LogP contribution is 2.24. The summed E-state index contributed by atoms with van der Waals surface area (Å²) < 4.78 is 0. The second kappa shape index (κ2) is 5.66. The number of carboxylic acid groups (broad SMARTS) is 1. The zero-order valence-corrected chi connectivity index (χ0v) is 11.1. The number of aromatic amines is 1. The molecule has 1 aromatic heterocycles. The van der Waals surface area contributed by atoms with Gasteiger partial charge >= 0.3 is 5.97 Å². The van der Waals surface area contributed by atoms with Crippen molar-refractivity contribution < 1.29 is 9.90 Å². The molecule has 0 spiro atoms. The van der Waals surface area contributed by atoms with Gasteiger partial charge in [-0.25, -0.2) is 9.78 Å². The summed E-state index contributed by atoms with van der Waals surface area (Å²) >= 11 is 1.18. The molecule has 8 heteroatoms. The Bertz CT molecular complexity index is 714. The van der Waals surface area contributed by atoms with E-state index in [4.69, 9.17) is 16.6 Å². The number of hydrogen-bond donors (Lipinski definition) is 4. The molecule has 0 aliphatic heterocycles. The molecule has 2 aromatic rings. The fourth-order valence-electron chi connectivity index (χ4n) is 1.67. The maximum absolute atomic E-state index is 11.2. The smallest absolute Gasteiger partial charge is 0.338 e. The Morgan fingerprint density at radius 2 is 2.15 bits per heavy atom. The minimum absolute atomic E-state index is 0.0613. The number of rotatable bonds is 4. The number of thioether (sulfide) groups is 1. The molecule has 0 aliphatic carbocycles. The van der Waals surface area contributed by atoms with Crippen molar-refractivity contribution in [1.82, 2.24) is 9.97 Å². The van der Waals surface area contributed by atoms with Gasteiger partial charge in [0.05, 0.1) is 5.56 Å². The van der Waals surface area contributed by atoms with Crippen LogP contribution in [0.2, 0.25) is 0 Å². The van der Waals surface area contributed by atoms with Crippen LogP contribution in [0.1, 0.15) is 15.9 Å². The van der Waals surface area contributed by atoms with Crippen LogP contribution in [0.3, 0.4) is 0 Å². The Balaban J connectivity index is 2.25. The first kappa shape index (κ1) is 13.9. The zero-order chi connectivity index (χ0) is 14.7. The van der Waals surface area contributed by atoms with Crippen molar-refractivity contribution in [2.75, 3.05) is 11.5 Å². The molecule has 0 fully saturated rings. The molecular formula is C12H12N4O3S. The van der Waals surface area contributed by atoms with Crippen molar-refractivity contribution in [2.45, 2.75) is 10.9 Å². The molecule has 2 rings (SSSR count). The molecule has 0 atom stereocenters. The van der Waals surface area contributed by atoms with E-state index in [1.807, 2.05) is 0 Å². The number of nitrogens with one attached hydrogen (secondary N) is 1. The first-order valence-electron chi connectivity index (χ1n) is 5.57. The molecule has 104 valence electrons. The number of hydrogen-bond acceptors (Lipinski definition) is 6. The average molecular weight is 292 g/mol. The first-order valence-corrected chi connectivity index (χ1v) is 6.56. The van der Waals surface area contributed by atoms with E-state index in [9.17, 15) is 9.59 Å². The minimum Gasteiger partial charge on any atom is -0.478 e. The van der Waals surface area contributed by atoms with Crippen LogP contribution < -0.4 is 17.0 Å². The second-order valence-electron chi connectivity index (χ2n) is 3.95. The van der Waals surface area contributed by atoms with Crippen LogP contribution in [-0.4, -0.2) is 21.0 Å². The molecule has 1 aromatic carbocycles. The summed E-state index contributed by atoms with van der Waals surface area (Å²) in [5, 5.41) is 9.48. The van der Waals surface area contributed by atoms with Crippen molar-refractivity contribution in [2.24, 2.45) is 0 Å². The van der Waals surface area contributed by atoms with Gasteiger partial charge in [0.2, 0.25) is 0 Å². The predicted octanol–water partition coefficient (Wildman–Crippen LogP) is 0.925. The monoisotopic (exact) mass is 292 g/mol. The SMILES string of the molecule is Nc1cc(=O)[nH]c(SCc2cccc(N)c2C(=O)O)n1. The average Bonchev–Trinajstić information content (AvgIpc) is 2.34. The van der Waals surface area contributed by atoms with Gasteiger partial charge in [0.25, 0.3) is 5.56 Å². The Morgan fingerprint density at radius 3 is 2.80 bits per heavy atom. The third kappa shape index (κ3) is 3.09. The molecule has 0 saturated heterocycles. The lowest BCUT2D eigenvalue weighted by molar-refractivity contribution is 0.0697. The van der Waals surface area contributed by atoms with E-state index in [1.165, 1.54) is 23.9 Å². The summed E-state index contributed by atoms with van der Waals surface area (Å²) in [6, 6.07) is 6.04. The van der Waals surface area contributed by atoms with Crippen LogP contribution in [0.5, 0.6) is 0 Å². The maximum atomic E-state index is 11.2. The topological polar surface area (TPSA) is 135 Å². The van der Waals surface area contributed by atoms with Gasteiger partial charge in [0, 0.05) is 17.5 Å². The molecule has 0 unspecified atom stereocenters. The third-order valence-electron chi connectivity index (χ3n) is 2.50. The Labute approximate surface area is 118 Å². The predicted molar refractivity (Wildman–Crippen MR) is 76.6 cm³/mol. The molecule has 6 N–H and O–H groups in total. The van der Waals surface area contributed by atoms with E-state index in [1.54, 1.807) is 12.1 Å². The fraction of sp³-hybridized carbons (Fsp3) is 0.0833. The van der Waals surface area contributed by atoms with Crippen LogP contribution in [0.15, 0.2) is 34.2 Å². The second-order valence-corrected chi connectivity index (χ2v) is 4.91. The number of nitrogens with zero attached hydrogens (tertiary/aromatic N) is 1. The fourth-order valence-corrected chi connectivity index (χ4v) is 2.54. The van der Waals surface area contributed by atoms with Crippen molar-refractivity contribution in [3.63, 3.8) is 0 Å². The minimum atomic E-state index is -1.09. The third-order valence-corrected chi connectivity index (χ3v) is 3.42. The lowest BCUT2D eigenvalue weighted by atomic mass is 10.1. The van der Waals surface area contributed by atoms with Crippen LogP contribution >= 0.6 is 11.8 Å². The molecule has 0 radical (unpaired) electrons. The number of aromatic carboxylic acids is 1. The molecule has 0 saturated carbocycles. The Hall–Kier alpha value is -2.48. The lowest BCUT2D eigenvalue weighted by Gasteiger charge is -2.08. The van der Waals surface area contributed by atoms with E-state index in [0.29, 0.717) is 16.5 Å². The number of nitrogens with two attached hydrogens (primary N) is 2. The van der Waals surface area contributed by atoms with Gasteiger partial charge < -0.3 is 21.6 Å². The number of aromatic nitrogens is 2. The van der Waals surface area contributed by atoms with E-state index < -0.39 is 5.97 Å². The summed E-state index contributed by atoms with van der Waals surface area (Å²) in [4.78, 5) is 28.9. The molecule has 0 bridgehead atoms. The number of carbonyl (C=O) groups is 1. The van der Waals surface area contributed by atoms with Crippen molar-refractivity contribution in [1.29, 1.82) is 0 Å². The molecule has 0 amide bonds. The van der Waals surface area contributed by atoms with Crippen LogP contribution in [0.25, 0.3) is 0 Å². The summed E-state index contributed by atoms with van der Waals surface area (Å²) in [6.07, 6.45) is 0. The van der Waals surface area contributed by atoms with Crippen LogP contribution in [-0.2, 0) is 5.75 Å². The Kier molecular flexibility index (Phi) is 3.94. The van der Waals surface area contributed by atoms with Gasteiger partial charge in [0.1, 0.15) is 5.82 Å². The van der Waals surface area contributed by atoms with Gasteiger partial charge in [0.15, 0.2) is 5.16 Å². The highest BCUT2D eigenvalue weighted by molar-refractivity contribution is 7.98. The van der Waals surface area contributed by atoms with Gasteiger partial charge in [-0.15, -0.1) is 0 Å². The van der Waals surface area contributed by atoms with Crippen molar-refractivity contribution >= 4 is 29.2 Å². The molecule has 0 aliphatic rings. The van der Waals surface area contributed by atoms with Crippen LogP contribution in [0, 0.1) is 0 Å². The standard InChI is InChI=1S/C12H12N4O3S/c13-7-3-1-2-6(10(7)11(18)19)5-20-12-15-8(14)4-9(17)16-12/h1-4H,5,13H2,(H,18,19)(H3,14,15,16,17). The van der Waals surface area contributed by atoms with E-state index in [2.05, 4.69) is 9.97 Å². The van der Waals surface area contributed by atoms with Crippen molar-refractivity contribution in [3.05, 3.63) is 45.7 Å². The highest BCUT2D eigenvalue weighted by Gasteiger charge is 2.14. The number of nitrogen functional groups attached to an aromatic ring is 2. The van der Waals surface area contributed by atoms with Gasteiger partial charge in [-0.05, 0) is 11.6 Å². The Morgan fingerprint density at radius 1 is 1.40 bits per heavy atom. The zero-order valence-electron chi connectivity index (χ0n) is 10.3. The van der Waals surface area contributed by atoms with E-state index in [-0.39, 0.29) is 22.6 Å². The quantitative estimate of drug-likeness (QED) is 0.374. The molecule has 7 nitrogen and oxygen atoms in total.